The predicted octanol–water partition coefficient (Wildman–Crippen LogP) is 7.05. The van der Waals surface area contributed by atoms with Crippen LogP contribution in [-0.4, -0.2) is 33.1 Å². The van der Waals surface area contributed by atoms with Gasteiger partial charge in [-0.3, -0.25) is 0 Å². The minimum absolute atomic E-state index is 0.184. The zero-order valence-electron chi connectivity index (χ0n) is 20.0. The summed E-state index contributed by atoms with van der Waals surface area (Å²) in [4.78, 5) is 10.3. The standard InChI is InChI=1S/C26H21F3N2O5S2/c1-34-36-37-22-11-3-17(4-12-22)24-15-20(30-19-7-9-21(10-8-19)35-26(27,28)29)16-25(31-24)18-5-13-23(14-6-18)38(2,32)33/h3-16H,1-2H3,(H,30,31). The monoisotopic (exact) mass is 562 g/mol. The van der Waals surface area contributed by atoms with Gasteiger partial charge in [-0.15, -0.1) is 13.2 Å². The summed E-state index contributed by atoms with van der Waals surface area (Å²) in [6.45, 7) is 0. The lowest BCUT2D eigenvalue weighted by atomic mass is 10.1. The van der Waals surface area contributed by atoms with Crippen molar-refractivity contribution in [3.8, 4) is 28.3 Å². The number of anilines is 2. The second-order valence-corrected chi connectivity index (χ2v) is 10.8. The lowest BCUT2D eigenvalue weighted by Gasteiger charge is -2.13. The van der Waals surface area contributed by atoms with Crippen molar-refractivity contribution in [3.05, 3.63) is 84.9 Å². The highest BCUT2D eigenvalue weighted by atomic mass is 32.2. The molecule has 4 aromatic rings. The Labute approximate surface area is 221 Å². The summed E-state index contributed by atoms with van der Waals surface area (Å²) in [7, 11) is -1.95. The smallest absolute Gasteiger partial charge is 0.406 e. The van der Waals surface area contributed by atoms with Crippen molar-refractivity contribution in [1.82, 2.24) is 4.98 Å². The van der Waals surface area contributed by atoms with E-state index in [9.17, 15) is 21.6 Å². The van der Waals surface area contributed by atoms with Gasteiger partial charge < -0.3 is 10.1 Å². The number of benzene rings is 3. The Morgan fingerprint density at radius 3 is 1.87 bits per heavy atom. The van der Waals surface area contributed by atoms with Gasteiger partial charge in [0.05, 0.1) is 35.4 Å². The largest absolute Gasteiger partial charge is 0.573 e. The molecule has 3 aromatic carbocycles. The van der Waals surface area contributed by atoms with E-state index in [1.807, 2.05) is 24.3 Å². The predicted molar refractivity (Wildman–Crippen MR) is 139 cm³/mol. The molecule has 38 heavy (non-hydrogen) atoms. The Morgan fingerprint density at radius 2 is 1.37 bits per heavy atom. The first-order valence-electron chi connectivity index (χ1n) is 10.9. The molecule has 0 radical (unpaired) electrons. The van der Waals surface area contributed by atoms with Gasteiger partial charge in [-0.05, 0) is 60.7 Å². The summed E-state index contributed by atoms with van der Waals surface area (Å²) in [5.74, 6) is -0.333. The SMILES string of the molecule is COOSc1ccc(-c2cc(Nc3ccc(OC(F)(F)F)cc3)cc(-c3ccc(S(C)(=O)=O)cc3)n2)cc1. The zero-order valence-corrected chi connectivity index (χ0v) is 21.7. The number of rotatable bonds is 9. The molecule has 12 heteroatoms. The third-order valence-corrected chi connectivity index (χ3v) is 6.93. The molecule has 0 aliphatic carbocycles. The van der Waals surface area contributed by atoms with Crippen molar-refractivity contribution in [2.75, 3.05) is 18.7 Å². The number of hydrogen-bond acceptors (Lipinski definition) is 8. The molecule has 0 aliphatic rings. The van der Waals surface area contributed by atoms with Crippen LogP contribution < -0.4 is 10.1 Å². The van der Waals surface area contributed by atoms with E-state index in [-0.39, 0.29) is 10.6 Å². The molecule has 0 amide bonds. The highest BCUT2D eigenvalue weighted by molar-refractivity contribution is 7.94. The first-order valence-corrected chi connectivity index (χ1v) is 13.6. The normalized spacial score (nSPS) is 11.8. The molecule has 1 heterocycles. The minimum atomic E-state index is -4.78. The molecule has 1 aromatic heterocycles. The third-order valence-electron chi connectivity index (χ3n) is 5.13. The number of hydrogen-bond donors (Lipinski definition) is 1. The van der Waals surface area contributed by atoms with Crippen LogP contribution in [0.15, 0.2) is 94.7 Å². The Morgan fingerprint density at radius 1 is 0.816 bits per heavy atom. The fourth-order valence-corrected chi connectivity index (χ4v) is 4.46. The van der Waals surface area contributed by atoms with Gasteiger partial charge >= 0.3 is 6.36 Å². The van der Waals surface area contributed by atoms with Crippen molar-refractivity contribution < 1.29 is 35.5 Å². The average Bonchev–Trinajstić information content (AvgIpc) is 2.87. The molecule has 0 saturated carbocycles. The summed E-state index contributed by atoms with van der Waals surface area (Å²) >= 11 is 1.05. The number of nitrogens with one attached hydrogen (secondary N) is 1. The Balaban J connectivity index is 1.69. The van der Waals surface area contributed by atoms with Gasteiger partial charge in [-0.25, -0.2) is 18.3 Å². The van der Waals surface area contributed by atoms with Crippen LogP contribution in [0.5, 0.6) is 5.75 Å². The summed E-state index contributed by atoms with van der Waals surface area (Å²) in [6, 6.07) is 22.6. The quantitative estimate of drug-likeness (QED) is 0.132. The van der Waals surface area contributed by atoms with Gasteiger partial charge in [-0.1, -0.05) is 24.3 Å². The number of sulfone groups is 1. The molecule has 0 unspecified atom stereocenters. The van der Waals surface area contributed by atoms with E-state index in [0.29, 0.717) is 28.3 Å². The third kappa shape index (κ3) is 7.48. The number of aromatic nitrogens is 1. The summed E-state index contributed by atoms with van der Waals surface area (Å²) < 4.78 is 70.0. The van der Waals surface area contributed by atoms with Crippen LogP contribution in [0.25, 0.3) is 22.5 Å². The Kier molecular flexibility index (Phi) is 8.26. The lowest BCUT2D eigenvalue weighted by Crippen LogP contribution is -2.16. The molecule has 1 N–H and O–H groups in total. The highest BCUT2D eigenvalue weighted by Gasteiger charge is 2.30. The second-order valence-electron chi connectivity index (χ2n) is 7.96. The second kappa shape index (κ2) is 11.4. The van der Waals surface area contributed by atoms with E-state index in [2.05, 4.69) is 14.9 Å². The van der Waals surface area contributed by atoms with Gasteiger partial charge in [0.2, 0.25) is 0 Å². The van der Waals surface area contributed by atoms with Crippen molar-refractivity contribution in [2.24, 2.45) is 0 Å². The summed E-state index contributed by atoms with van der Waals surface area (Å²) in [6.07, 6.45) is -3.65. The van der Waals surface area contributed by atoms with Crippen LogP contribution in [0.4, 0.5) is 24.5 Å². The van der Waals surface area contributed by atoms with Gasteiger partial charge in [0.25, 0.3) is 0 Å². The lowest BCUT2D eigenvalue weighted by molar-refractivity contribution is -0.274. The van der Waals surface area contributed by atoms with Crippen molar-refractivity contribution in [2.45, 2.75) is 16.2 Å². The van der Waals surface area contributed by atoms with E-state index < -0.39 is 16.2 Å². The molecule has 0 spiro atoms. The molecule has 7 nitrogen and oxygen atoms in total. The molecule has 0 bridgehead atoms. The first-order chi connectivity index (χ1) is 18.0. The number of nitrogens with zero attached hydrogens (tertiary/aromatic N) is 1. The molecular formula is C26H21F3N2O5S2. The molecule has 198 valence electrons. The number of pyridine rings is 1. The van der Waals surface area contributed by atoms with E-state index >= 15 is 0 Å². The fraction of sp³-hybridized carbons (Fsp3) is 0.115. The van der Waals surface area contributed by atoms with Crippen LogP contribution in [-0.2, 0) is 19.1 Å². The molecule has 0 atom stereocenters. The van der Waals surface area contributed by atoms with Gasteiger partial charge in [-0.2, -0.15) is 4.33 Å². The van der Waals surface area contributed by atoms with E-state index in [0.717, 1.165) is 28.8 Å². The molecule has 0 saturated heterocycles. The number of halogens is 3. The van der Waals surface area contributed by atoms with Gasteiger partial charge in [0.15, 0.2) is 9.84 Å². The molecule has 0 aliphatic heterocycles. The van der Waals surface area contributed by atoms with E-state index in [1.54, 1.807) is 24.3 Å². The van der Waals surface area contributed by atoms with Crippen molar-refractivity contribution >= 4 is 33.3 Å². The molecule has 0 fully saturated rings. The van der Waals surface area contributed by atoms with Crippen LogP contribution in [0, 0.1) is 0 Å². The van der Waals surface area contributed by atoms with Crippen LogP contribution in [0.2, 0.25) is 0 Å². The summed E-state index contributed by atoms with van der Waals surface area (Å²) in [5.41, 5.74) is 3.78. The topological polar surface area (TPSA) is 86.8 Å². The van der Waals surface area contributed by atoms with Crippen LogP contribution in [0.3, 0.4) is 0 Å². The van der Waals surface area contributed by atoms with Crippen molar-refractivity contribution in [3.63, 3.8) is 0 Å². The Bertz CT molecular complexity index is 1490. The van der Waals surface area contributed by atoms with Crippen LogP contribution in [0.1, 0.15) is 0 Å². The maximum absolute atomic E-state index is 12.5. The number of alkyl halides is 3. The maximum atomic E-state index is 12.5. The van der Waals surface area contributed by atoms with Crippen LogP contribution >= 0.6 is 12.0 Å². The number of ether oxygens (including phenoxy) is 1. The fourth-order valence-electron chi connectivity index (χ4n) is 3.43. The first kappa shape index (κ1) is 27.5. The van der Waals surface area contributed by atoms with Gasteiger partial charge in [0, 0.05) is 33.7 Å². The maximum Gasteiger partial charge on any atom is 0.573 e. The highest BCUT2D eigenvalue weighted by Crippen LogP contribution is 2.32. The molecular weight excluding hydrogens is 541 g/mol. The Hall–Kier alpha value is -3.58. The summed E-state index contributed by atoms with van der Waals surface area (Å²) in [5, 5.41) is 3.18. The minimum Gasteiger partial charge on any atom is -0.406 e. The van der Waals surface area contributed by atoms with Gasteiger partial charge in [0.1, 0.15) is 5.75 Å². The van der Waals surface area contributed by atoms with Crippen molar-refractivity contribution in [1.29, 1.82) is 0 Å². The van der Waals surface area contributed by atoms with E-state index in [4.69, 9.17) is 9.32 Å². The molecule has 4 rings (SSSR count). The van der Waals surface area contributed by atoms with E-state index in [1.165, 1.54) is 43.5 Å². The average molecular weight is 563 g/mol. The zero-order chi connectivity index (χ0) is 27.3.